The van der Waals surface area contributed by atoms with E-state index in [0.717, 1.165) is 0 Å². The van der Waals surface area contributed by atoms with Crippen molar-refractivity contribution in [3.63, 3.8) is 0 Å². The zero-order chi connectivity index (χ0) is 15.8. The lowest BCUT2D eigenvalue weighted by atomic mass is 10.2. The van der Waals surface area contributed by atoms with Crippen LogP contribution >= 0.6 is 0 Å². The number of benzene rings is 1. The Morgan fingerprint density at radius 1 is 1.24 bits per heavy atom. The molecule has 6 nitrogen and oxygen atoms in total. The van der Waals surface area contributed by atoms with E-state index in [9.17, 15) is 14.4 Å². The van der Waals surface area contributed by atoms with Crippen molar-refractivity contribution in [2.75, 3.05) is 16.8 Å². The maximum atomic E-state index is 12.1. The van der Waals surface area contributed by atoms with E-state index in [1.807, 2.05) is 6.92 Å². The molecular formula is C15H20N2O4. The minimum absolute atomic E-state index is 0.109. The minimum Gasteiger partial charge on any atom is -0.481 e. The summed E-state index contributed by atoms with van der Waals surface area (Å²) in [6, 6.07) is 6.82. The number of nitrogens with zero attached hydrogens (tertiary/aromatic N) is 1. The summed E-state index contributed by atoms with van der Waals surface area (Å²) in [6.07, 6.45) is 0.914. The molecule has 1 rings (SSSR count). The van der Waals surface area contributed by atoms with Crippen LogP contribution in [0.4, 0.5) is 11.4 Å². The molecule has 6 heteroatoms. The Morgan fingerprint density at radius 3 is 2.52 bits per heavy atom. The lowest BCUT2D eigenvalue weighted by Gasteiger charge is -2.22. The quantitative estimate of drug-likeness (QED) is 0.807. The number of aliphatic carboxylic acids is 1. The van der Waals surface area contributed by atoms with Crippen molar-refractivity contribution in [2.24, 2.45) is 0 Å². The first-order valence-electron chi connectivity index (χ1n) is 6.84. The Hall–Kier alpha value is -2.37. The van der Waals surface area contributed by atoms with Crippen molar-refractivity contribution in [3.05, 3.63) is 24.3 Å². The Bertz CT molecular complexity index is 528. The molecule has 0 aromatic heterocycles. The predicted molar refractivity (Wildman–Crippen MR) is 80.3 cm³/mol. The average Bonchev–Trinajstić information content (AvgIpc) is 2.38. The van der Waals surface area contributed by atoms with E-state index in [1.165, 1.54) is 11.8 Å². The van der Waals surface area contributed by atoms with Gasteiger partial charge in [0.1, 0.15) is 0 Å². The molecule has 0 unspecified atom stereocenters. The molecule has 0 atom stereocenters. The fraction of sp³-hybridized carbons (Fsp3) is 0.400. The smallest absolute Gasteiger partial charge is 0.305 e. The van der Waals surface area contributed by atoms with Crippen LogP contribution in [0.3, 0.4) is 0 Å². The molecule has 0 fully saturated rings. The number of carboxylic acids is 1. The summed E-state index contributed by atoms with van der Waals surface area (Å²) in [5, 5.41) is 11.4. The summed E-state index contributed by atoms with van der Waals surface area (Å²) in [5.41, 5.74) is 1.16. The highest BCUT2D eigenvalue weighted by Crippen LogP contribution is 2.21. The van der Waals surface area contributed by atoms with Gasteiger partial charge >= 0.3 is 5.97 Å². The SMILES string of the molecule is CCCC(=O)N(CCC(=O)O)c1cccc(NC(C)=O)c1. The summed E-state index contributed by atoms with van der Waals surface area (Å²) >= 11 is 0. The number of carbonyl (C=O) groups excluding carboxylic acids is 2. The number of hydrogen-bond acceptors (Lipinski definition) is 3. The summed E-state index contributed by atoms with van der Waals surface area (Å²) in [6.45, 7) is 3.40. The third-order valence-corrected chi connectivity index (χ3v) is 2.79. The first-order chi connectivity index (χ1) is 9.93. The highest BCUT2D eigenvalue weighted by molar-refractivity contribution is 5.95. The maximum absolute atomic E-state index is 12.1. The molecule has 0 bridgehead atoms. The predicted octanol–water partition coefficient (Wildman–Crippen LogP) is 2.25. The topological polar surface area (TPSA) is 86.7 Å². The number of nitrogens with one attached hydrogen (secondary N) is 1. The van der Waals surface area contributed by atoms with E-state index in [-0.39, 0.29) is 24.8 Å². The standard InChI is InChI=1S/C15H20N2O4/c1-3-5-14(19)17(9-8-15(20)21)13-7-4-6-12(10-13)16-11(2)18/h4,6-7,10H,3,5,8-9H2,1-2H3,(H,16,18)(H,20,21). The van der Waals surface area contributed by atoms with E-state index >= 15 is 0 Å². The van der Waals surface area contributed by atoms with Crippen LogP contribution in [-0.4, -0.2) is 29.4 Å². The molecule has 0 heterocycles. The Balaban J connectivity index is 2.97. The van der Waals surface area contributed by atoms with Crippen LogP contribution in [0.1, 0.15) is 33.1 Å². The van der Waals surface area contributed by atoms with Crippen molar-refractivity contribution in [3.8, 4) is 0 Å². The van der Waals surface area contributed by atoms with Crippen molar-refractivity contribution in [1.29, 1.82) is 0 Å². The van der Waals surface area contributed by atoms with Crippen LogP contribution < -0.4 is 10.2 Å². The molecule has 114 valence electrons. The van der Waals surface area contributed by atoms with Crippen LogP contribution in [0.5, 0.6) is 0 Å². The zero-order valence-corrected chi connectivity index (χ0v) is 12.3. The monoisotopic (exact) mass is 292 g/mol. The van der Waals surface area contributed by atoms with Gasteiger partial charge in [0.25, 0.3) is 0 Å². The lowest BCUT2D eigenvalue weighted by molar-refractivity contribution is -0.136. The minimum atomic E-state index is -0.956. The Kier molecular flexibility index (Phi) is 6.39. The fourth-order valence-corrected chi connectivity index (χ4v) is 1.91. The van der Waals surface area contributed by atoms with E-state index in [0.29, 0.717) is 24.2 Å². The van der Waals surface area contributed by atoms with Gasteiger partial charge in [0, 0.05) is 31.3 Å². The number of hydrogen-bond donors (Lipinski definition) is 2. The van der Waals surface area contributed by atoms with Crippen molar-refractivity contribution < 1.29 is 19.5 Å². The molecular weight excluding hydrogens is 272 g/mol. The first kappa shape index (κ1) is 16.7. The van der Waals surface area contributed by atoms with Gasteiger partial charge in [-0.05, 0) is 24.6 Å². The second kappa shape index (κ2) is 8.04. The van der Waals surface area contributed by atoms with E-state index in [1.54, 1.807) is 24.3 Å². The molecule has 21 heavy (non-hydrogen) atoms. The summed E-state index contributed by atoms with van der Waals surface area (Å²) in [5.74, 6) is -1.29. The molecule has 0 spiro atoms. The van der Waals surface area contributed by atoms with Gasteiger partial charge in [-0.25, -0.2) is 0 Å². The number of carbonyl (C=O) groups is 3. The lowest BCUT2D eigenvalue weighted by Crippen LogP contribution is -2.32. The van der Waals surface area contributed by atoms with Crippen molar-refractivity contribution >= 4 is 29.2 Å². The number of rotatable bonds is 7. The van der Waals surface area contributed by atoms with Crippen LogP contribution in [0.2, 0.25) is 0 Å². The Labute approximate surface area is 123 Å². The van der Waals surface area contributed by atoms with Gasteiger partial charge in [0.05, 0.1) is 6.42 Å². The highest BCUT2D eigenvalue weighted by atomic mass is 16.4. The molecule has 1 aromatic carbocycles. The van der Waals surface area contributed by atoms with Crippen LogP contribution in [-0.2, 0) is 14.4 Å². The zero-order valence-electron chi connectivity index (χ0n) is 12.3. The van der Waals surface area contributed by atoms with Crippen molar-refractivity contribution in [2.45, 2.75) is 33.1 Å². The van der Waals surface area contributed by atoms with Gasteiger partial charge in [-0.1, -0.05) is 13.0 Å². The van der Waals surface area contributed by atoms with Crippen LogP contribution in [0, 0.1) is 0 Å². The molecule has 0 saturated heterocycles. The number of anilines is 2. The fourth-order valence-electron chi connectivity index (χ4n) is 1.91. The summed E-state index contributed by atoms with van der Waals surface area (Å²) in [7, 11) is 0. The molecule has 0 saturated carbocycles. The van der Waals surface area contributed by atoms with Gasteiger partial charge in [0.2, 0.25) is 11.8 Å². The first-order valence-corrected chi connectivity index (χ1v) is 6.84. The van der Waals surface area contributed by atoms with E-state index in [2.05, 4.69) is 5.32 Å². The van der Waals surface area contributed by atoms with Crippen LogP contribution in [0.25, 0.3) is 0 Å². The molecule has 1 aromatic rings. The molecule has 2 N–H and O–H groups in total. The van der Waals surface area contributed by atoms with Gasteiger partial charge in [-0.15, -0.1) is 0 Å². The van der Waals surface area contributed by atoms with E-state index < -0.39 is 5.97 Å². The maximum Gasteiger partial charge on any atom is 0.305 e. The molecule has 0 radical (unpaired) electrons. The van der Waals surface area contributed by atoms with Gasteiger partial charge in [-0.3, -0.25) is 14.4 Å². The second-order valence-electron chi connectivity index (χ2n) is 4.67. The van der Waals surface area contributed by atoms with Gasteiger partial charge in [-0.2, -0.15) is 0 Å². The molecule has 0 aliphatic rings. The normalized spacial score (nSPS) is 10.0. The molecule has 0 aliphatic heterocycles. The summed E-state index contributed by atoms with van der Waals surface area (Å²) < 4.78 is 0. The third kappa shape index (κ3) is 5.64. The third-order valence-electron chi connectivity index (χ3n) is 2.79. The van der Waals surface area contributed by atoms with Gasteiger partial charge < -0.3 is 15.3 Å². The Morgan fingerprint density at radius 2 is 1.95 bits per heavy atom. The van der Waals surface area contributed by atoms with Gasteiger partial charge in [0.15, 0.2) is 0 Å². The largest absolute Gasteiger partial charge is 0.481 e. The highest BCUT2D eigenvalue weighted by Gasteiger charge is 2.16. The molecule has 0 aliphatic carbocycles. The van der Waals surface area contributed by atoms with Crippen LogP contribution in [0.15, 0.2) is 24.3 Å². The molecule has 2 amide bonds. The van der Waals surface area contributed by atoms with Crippen molar-refractivity contribution in [1.82, 2.24) is 0 Å². The van der Waals surface area contributed by atoms with E-state index in [4.69, 9.17) is 5.11 Å². The number of amides is 2. The average molecular weight is 292 g/mol. The second-order valence-corrected chi connectivity index (χ2v) is 4.67. The number of carboxylic acid groups (broad SMARTS) is 1. The summed E-state index contributed by atoms with van der Waals surface area (Å²) in [4.78, 5) is 35.4.